The van der Waals surface area contributed by atoms with Crippen molar-refractivity contribution in [3.63, 3.8) is 0 Å². The Morgan fingerprint density at radius 1 is 0.949 bits per heavy atom. The van der Waals surface area contributed by atoms with Crippen LogP contribution in [0.1, 0.15) is 26.3 Å². The van der Waals surface area contributed by atoms with Crippen molar-refractivity contribution in [3.05, 3.63) is 89.4 Å². The first kappa shape index (κ1) is 30.0. The van der Waals surface area contributed by atoms with Gasteiger partial charge in [-0.05, 0) is 48.7 Å². The number of amides is 2. The van der Waals surface area contributed by atoms with Gasteiger partial charge < -0.3 is 15.0 Å². The summed E-state index contributed by atoms with van der Waals surface area (Å²) < 4.78 is 33.8. The monoisotopic (exact) mass is 571 g/mol. The van der Waals surface area contributed by atoms with E-state index in [0.29, 0.717) is 12.3 Å². The molecule has 3 rings (SSSR count). The van der Waals surface area contributed by atoms with Crippen LogP contribution in [0.3, 0.4) is 0 Å². The predicted octanol–water partition coefficient (Wildman–Crippen LogP) is 4.73. The van der Waals surface area contributed by atoms with Crippen LogP contribution >= 0.6 is 11.6 Å². The molecule has 0 saturated heterocycles. The van der Waals surface area contributed by atoms with Crippen LogP contribution in [0.25, 0.3) is 0 Å². The lowest BCUT2D eigenvalue weighted by Gasteiger charge is -2.32. The van der Waals surface area contributed by atoms with Crippen molar-refractivity contribution in [2.45, 2.75) is 38.3 Å². The quantitative estimate of drug-likeness (QED) is 0.339. The van der Waals surface area contributed by atoms with E-state index in [1.165, 1.54) is 36.3 Å². The van der Waals surface area contributed by atoms with Crippen molar-refractivity contribution >= 4 is 39.1 Å². The van der Waals surface area contributed by atoms with Gasteiger partial charge in [0, 0.05) is 13.1 Å². The Labute approximate surface area is 235 Å². The second-order valence-corrected chi connectivity index (χ2v) is 11.7. The summed E-state index contributed by atoms with van der Waals surface area (Å²) in [6.45, 7) is 5.62. The summed E-state index contributed by atoms with van der Waals surface area (Å²) in [6.07, 6.45) is 0. The molecule has 0 spiro atoms. The molecule has 1 N–H and O–H groups in total. The van der Waals surface area contributed by atoms with Gasteiger partial charge in [0.1, 0.15) is 18.3 Å². The van der Waals surface area contributed by atoms with Crippen LogP contribution in [-0.2, 0) is 26.2 Å². The van der Waals surface area contributed by atoms with E-state index >= 15 is 0 Å². The summed E-state index contributed by atoms with van der Waals surface area (Å²) >= 11 is 6.33. The third kappa shape index (κ3) is 7.74. The van der Waals surface area contributed by atoms with Crippen LogP contribution in [-0.4, -0.2) is 51.4 Å². The summed E-state index contributed by atoms with van der Waals surface area (Å²) in [6, 6.07) is 20.7. The van der Waals surface area contributed by atoms with E-state index in [0.717, 1.165) is 9.87 Å². The number of nitrogens with zero attached hydrogens (tertiary/aromatic N) is 2. The molecular weight excluding hydrogens is 538 g/mol. The molecule has 3 aromatic carbocycles. The summed E-state index contributed by atoms with van der Waals surface area (Å²) in [5.74, 6) is -0.272. The molecule has 0 aliphatic rings. The molecule has 0 heterocycles. The highest BCUT2D eigenvalue weighted by Gasteiger charge is 2.32. The van der Waals surface area contributed by atoms with Gasteiger partial charge in [0.15, 0.2) is 0 Å². The maximum Gasteiger partial charge on any atom is 0.264 e. The first-order valence-electron chi connectivity index (χ1n) is 12.6. The minimum Gasteiger partial charge on any atom is -0.495 e. The number of hydrogen-bond donors (Lipinski definition) is 1. The Morgan fingerprint density at radius 3 is 2.13 bits per heavy atom. The number of hydrogen-bond acceptors (Lipinski definition) is 5. The van der Waals surface area contributed by atoms with Crippen LogP contribution in [0, 0.1) is 5.92 Å². The second kappa shape index (κ2) is 13.5. The average Bonchev–Trinajstić information content (AvgIpc) is 2.93. The van der Waals surface area contributed by atoms with E-state index < -0.39 is 28.5 Å². The van der Waals surface area contributed by atoms with Gasteiger partial charge in [-0.1, -0.05) is 74.0 Å². The summed E-state index contributed by atoms with van der Waals surface area (Å²) in [5, 5.41) is 3.06. The van der Waals surface area contributed by atoms with Crippen LogP contribution in [0.15, 0.2) is 83.8 Å². The van der Waals surface area contributed by atoms with Crippen LogP contribution < -0.4 is 14.4 Å². The lowest BCUT2D eigenvalue weighted by atomic mass is 10.1. The summed E-state index contributed by atoms with van der Waals surface area (Å²) in [4.78, 5) is 28.3. The lowest BCUT2D eigenvalue weighted by molar-refractivity contribution is -0.139. The number of ether oxygens (including phenoxy) is 1. The fraction of sp³-hybridized carbons (Fsp3) is 0.310. The average molecular weight is 572 g/mol. The van der Waals surface area contributed by atoms with Gasteiger partial charge in [-0.15, -0.1) is 0 Å². The number of anilines is 1. The zero-order chi connectivity index (χ0) is 28.6. The van der Waals surface area contributed by atoms with Gasteiger partial charge >= 0.3 is 0 Å². The minimum absolute atomic E-state index is 0.0158. The van der Waals surface area contributed by atoms with Crippen LogP contribution in [0.4, 0.5) is 5.69 Å². The van der Waals surface area contributed by atoms with Crippen LogP contribution in [0.5, 0.6) is 5.75 Å². The fourth-order valence-corrected chi connectivity index (χ4v) is 5.55. The highest BCUT2D eigenvalue weighted by molar-refractivity contribution is 7.92. The van der Waals surface area contributed by atoms with Gasteiger partial charge in [0.25, 0.3) is 10.0 Å². The molecule has 0 fully saturated rings. The Kier molecular flexibility index (Phi) is 10.4. The van der Waals surface area contributed by atoms with E-state index in [1.807, 2.05) is 44.2 Å². The van der Waals surface area contributed by atoms with Gasteiger partial charge in [-0.3, -0.25) is 13.9 Å². The van der Waals surface area contributed by atoms with Crippen molar-refractivity contribution in [3.8, 4) is 5.75 Å². The lowest BCUT2D eigenvalue weighted by Crippen LogP contribution is -2.51. The van der Waals surface area contributed by atoms with Crippen molar-refractivity contribution in [2.24, 2.45) is 5.92 Å². The molecule has 0 saturated carbocycles. The molecule has 208 valence electrons. The molecule has 10 heteroatoms. The Morgan fingerprint density at radius 2 is 1.56 bits per heavy atom. The normalized spacial score (nSPS) is 12.1. The first-order chi connectivity index (χ1) is 18.5. The van der Waals surface area contributed by atoms with Gasteiger partial charge in [0.05, 0.1) is 22.7 Å². The first-order valence-corrected chi connectivity index (χ1v) is 14.4. The Balaban J connectivity index is 2.02. The summed E-state index contributed by atoms with van der Waals surface area (Å²) in [7, 11) is -2.72. The van der Waals surface area contributed by atoms with E-state index in [4.69, 9.17) is 16.3 Å². The number of carbonyl (C=O) groups excluding carboxylic acids is 2. The predicted molar refractivity (Wildman–Crippen MR) is 153 cm³/mol. The number of sulfonamides is 1. The molecule has 2 amide bonds. The van der Waals surface area contributed by atoms with Gasteiger partial charge in [-0.2, -0.15) is 0 Å². The molecule has 0 aliphatic carbocycles. The van der Waals surface area contributed by atoms with Gasteiger partial charge in [0.2, 0.25) is 11.8 Å². The molecule has 0 aliphatic heterocycles. The largest absolute Gasteiger partial charge is 0.495 e. The number of carbonyl (C=O) groups is 2. The van der Waals surface area contributed by atoms with E-state index in [-0.39, 0.29) is 34.0 Å². The zero-order valence-corrected chi connectivity index (χ0v) is 24.1. The number of benzene rings is 3. The van der Waals surface area contributed by atoms with E-state index in [2.05, 4.69) is 5.32 Å². The van der Waals surface area contributed by atoms with Crippen molar-refractivity contribution in [1.29, 1.82) is 0 Å². The molecular formula is C29H34ClN3O5S. The molecule has 3 aromatic rings. The molecule has 0 bridgehead atoms. The molecule has 0 aromatic heterocycles. The van der Waals surface area contributed by atoms with Gasteiger partial charge in [-0.25, -0.2) is 8.42 Å². The van der Waals surface area contributed by atoms with E-state index in [1.54, 1.807) is 31.2 Å². The number of rotatable bonds is 12. The highest BCUT2D eigenvalue weighted by atomic mass is 35.5. The molecule has 1 unspecified atom stereocenters. The maximum absolute atomic E-state index is 13.9. The standard InChI is InChI=1S/C29H34ClN3O5S/c1-21(2)18-31-29(35)22(3)32(19-23-11-7-5-8-12-23)28(34)20-33(24-15-16-27(38-4)26(30)17-24)39(36,37)25-13-9-6-10-14-25/h5-17,21-22H,18-20H2,1-4H3,(H,31,35). The van der Waals surface area contributed by atoms with Crippen molar-refractivity contribution < 1.29 is 22.7 Å². The smallest absolute Gasteiger partial charge is 0.264 e. The van der Waals surface area contributed by atoms with Crippen molar-refractivity contribution in [2.75, 3.05) is 24.5 Å². The molecule has 1 atom stereocenters. The SMILES string of the molecule is COc1ccc(N(CC(=O)N(Cc2ccccc2)C(C)C(=O)NCC(C)C)S(=O)(=O)c2ccccc2)cc1Cl. The third-order valence-corrected chi connectivity index (χ3v) is 8.16. The number of nitrogens with one attached hydrogen (secondary N) is 1. The minimum atomic E-state index is -4.17. The molecule has 0 radical (unpaired) electrons. The van der Waals surface area contributed by atoms with Crippen LogP contribution in [0.2, 0.25) is 5.02 Å². The van der Waals surface area contributed by atoms with Crippen molar-refractivity contribution in [1.82, 2.24) is 10.2 Å². The second-order valence-electron chi connectivity index (χ2n) is 9.47. The summed E-state index contributed by atoms with van der Waals surface area (Å²) in [5.41, 5.74) is 0.994. The number of methoxy groups -OCH3 is 1. The fourth-order valence-electron chi connectivity index (χ4n) is 3.87. The third-order valence-electron chi connectivity index (χ3n) is 6.08. The number of halogens is 1. The maximum atomic E-state index is 13.9. The Hall–Kier alpha value is -3.56. The topological polar surface area (TPSA) is 96.0 Å². The highest BCUT2D eigenvalue weighted by Crippen LogP contribution is 2.32. The molecule has 39 heavy (non-hydrogen) atoms. The Bertz CT molecular complexity index is 1370. The van der Waals surface area contributed by atoms with E-state index in [9.17, 15) is 18.0 Å². The zero-order valence-electron chi connectivity index (χ0n) is 22.5. The molecule has 8 nitrogen and oxygen atoms in total.